The maximum atomic E-state index is 11.9. The van der Waals surface area contributed by atoms with Crippen LogP contribution in [0.3, 0.4) is 0 Å². The lowest BCUT2D eigenvalue weighted by Gasteiger charge is -2.34. The summed E-state index contributed by atoms with van der Waals surface area (Å²) in [6.07, 6.45) is 5.31. The zero-order chi connectivity index (χ0) is 14.4. The van der Waals surface area contributed by atoms with Gasteiger partial charge >= 0.3 is 12.0 Å². The number of nitrogens with one attached hydrogen (secondary N) is 1. The fraction of sp³-hybridized carbons (Fsp3) is 0.846. The van der Waals surface area contributed by atoms with E-state index >= 15 is 0 Å². The Kier molecular flexibility index (Phi) is 6.08. The van der Waals surface area contributed by atoms with Gasteiger partial charge in [-0.3, -0.25) is 0 Å². The van der Waals surface area contributed by atoms with Gasteiger partial charge in [0, 0.05) is 13.1 Å². The maximum absolute atomic E-state index is 11.9. The smallest absolute Gasteiger partial charge is 0.328 e. The number of aliphatic hydroxyl groups excluding tert-OH is 1. The number of rotatable bonds is 5. The predicted octanol–water partition coefficient (Wildman–Crippen LogP) is 1.04. The molecule has 1 fully saturated rings. The summed E-state index contributed by atoms with van der Waals surface area (Å²) in [6, 6.07) is -1.50. The Labute approximate surface area is 113 Å². The molecule has 0 saturated heterocycles. The molecular formula is C13H24N2O4. The first-order valence-corrected chi connectivity index (χ1v) is 6.86. The van der Waals surface area contributed by atoms with E-state index in [1.54, 1.807) is 11.9 Å². The van der Waals surface area contributed by atoms with Gasteiger partial charge in [0.05, 0.1) is 6.61 Å². The van der Waals surface area contributed by atoms with Crippen LogP contribution in [0.1, 0.15) is 39.0 Å². The molecule has 0 radical (unpaired) electrons. The zero-order valence-electron chi connectivity index (χ0n) is 11.6. The number of nitrogens with zero attached hydrogens (tertiary/aromatic N) is 1. The minimum atomic E-state index is -1.23. The van der Waals surface area contributed by atoms with Gasteiger partial charge < -0.3 is 20.4 Å². The Hall–Kier alpha value is -1.30. The monoisotopic (exact) mass is 272 g/mol. The second-order valence-corrected chi connectivity index (χ2v) is 5.22. The summed E-state index contributed by atoms with van der Waals surface area (Å²) in [5, 5.41) is 20.0. The van der Waals surface area contributed by atoms with Crippen molar-refractivity contribution in [1.82, 2.24) is 10.2 Å². The van der Waals surface area contributed by atoms with E-state index in [2.05, 4.69) is 12.2 Å². The van der Waals surface area contributed by atoms with E-state index in [-0.39, 0.29) is 6.04 Å². The molecule has 110 valence electrons. The molecule has 19 heavy (non-hydrogen) atoms. The zero-order valence-corrected chi connectivity index (χ0v) is 11.6. The molecule has 0 bridgehead atoms. The Morgan fingerprint density at radius 3 is 2.32 bits per heavy atom. The molecule has 1 rings (SSSR count). The summed E-state index contributed by atoms with van der Waals surface area (Å²) < 4.78 is 0. The highest BCUT2D eigenvalue weighted by Gasteiger charge is 2.28. The molecule has 0 spiro atoms. The van der Waals surface area contributed by atoms with Gasteiger partial charge in [0.25, 0.3) is 0 Å². The Morgan fingerprint density at radius 2 is 1.89 bits per heavy atom. The summed E-state index contributed by atoms with van der Waals surface area (Å²) in [5.41, 5.74) is 0. The van der Waals surface area contributed by atoms with Crippen molar-refractivity contribution in [3.05, 3.63) is 0 Å². The highest BCUT2D eigenvalue weighted by molar-refractivity contribution is 5.82. The van der Waals surface area contributed by atoms with Gasteiger partial charge in [0.15, 0.2) is 6.04 Å². The van der Waals surface area contributed by atoms with E-state index in [1.807, 2.05) is 0 Å². The third kappa shape index (κ3) is 4.38. The van der Waals surface area contributed by atoms with Crippen molar-refractivity contribution in [3.63, 3.8) is 0 Å². The fourth-order valence-electron chi connectivity index (χ4n) is 2.54. The molecule has 1 saturated carbocycles. The molecule has 1 atom stereocenters. The number of aliphatic carboxylic acids is 1. The summed E-state index contributed by atoms with van der Waals surface area (Å²) in [5.74, 6) is -0.476. The number of carboxylic acids is 1. The van der Waals surface area contributed by atoms with Crippen LogP contribution in [-0.2, 0) is 4.79 Å². The molecule has 6 nitrogen and oxygen atoms in total. The summed E-state index contributed by atoms with van der Waals surface area (Å²) >= 11 is 0. The van der Waals surface area contributed by atoms with Crippen LogP contribution in [0.15, 0.2) is 0 Å². The molecule has 0 aromatic rings. The number of urea groups is 1. The van der Waals surface area contributed by atoms with Gasteiger partial charge in [0.2, 0.25) is 0 Å². The Bertz CT molecular complexity index is 314. The number of carbonyl (C=O) groups is 2. The standard InChI is InChI=1S/C13H24N2O4/c1-3-9-4-6-10(7-5-9)15(2)13(19)14-11(8-16)12(17)18/h9-11,16H,3-8H2,1-2H3,(H,14,19)(H,17,18). The van der Waals surface area contributed by atoms with Crippen molar-refractivity contribution in [3.8, 4) is 0 Å². The number of carbonyl (C=O) groups excluding carboxylic acids is 1. The molecule has 6 heteroatoms. The average Bonchev–Trinajstić information content (AvgIpc) is 2.43. The molecule has 0 heterocycles. The van der Waals surface area contributed by atoms with Crippen molar-refractivity contribution in [2.24, 2.45) is 5.92 Å². The van der Waals surface area contributed by atoms with Gasteiger partial charge in [-0.05, 0) is 31.6 Å². The van der Waals surface area contributed by atoms with E-state index in [1.165, 1.54) is 6.42 Å². The highest BCUT2D eigenvalue weighted by Crippen LogP contribution is 2.28. The van der Waals surface area contributed by atoms with Gasteiger partial charge in [-0.25, -0.2) is 9.59 Å². The van der Waals surface area contributed by atoms with E-state index in [4.69, 9.17) is 10.2 Å². The minimum Gasteiger partial charge on any atom is -0.480 e. The molecule has 3 N–H and O–H groups in total. The third-order valence-electron chi connectivity index (χ3n) is 4.04. The van der Waals surface area contributed by atoms with E-state index in [0.29, 0.717) is 0 Å². The minimum absolute atomic E-state index is 0.163. The van der Waals surface area contributed by atoms with E-state index < -0.39 is 24.6 Å². The largest absolute Gasteiger partial charge is 0.480 e. The first kappa shape index (κ1) is 15.8. The van der Waals surface area contributed by atoms with Gasteiger partial charge in [0.1, 0.15) is 0 Å². The fourth-order valence-corrected chi connectivity index (χ4v) is 2.54. The second kappa shape index (κ2) is 7.33. The van der Waals surface area contributed by atoms with Crippen LogP contribution in [-0.4, -0.2) is 52.9 Å². The van der Waals surface area contributed by atoms with Gasteiger partial charge in [-0.15, -0.1) is 0 Å². The van der Waals surface area contributed by atoms with Crippen LogP contribution in [0.25, 0.3) is 0 Å². The van der Waals surface area contributed by atoms with Crippen LogP contribution in [0.4, 0.5) is 4.79 Å². The lowest BCUT2D eigenvalue weighted by molar-refractivity contribution is -0.140. The van der Waals surface area contributed by atoms with Crippen molar-refractivity contribution in [1.29, 1.82) is 0 Å². The van der Waals surface area contributed by atoms with Crippen LogP contribution >= 0.6 is 0 Å². The molecule has 1 aliphatic rings. The first-order valence-electron chi connectivity index (χ1n) is 6.86. The maximum Gasteiger partial charge on any atom is 0.328 e. The SMILES string of the molecule is CCC1CCC(N(C)C(=O)NC(CO)C(=O)O)CC1. The lowest BCUT2D eigenvalue weighted by Crippen LogP contribution is -2.51. The van der Waals surface area contributed by atoms with Crippen LogP contribution < -0.4 is 5.32 Å². The predicted molar refractivity (Wildman–Crippen MR) is 70.8 cm³/mol. The molecule has 1 aliphatic carbocycles. The normalized spacial score (nSPS) is 24.6. The molecule has 0 aromatic heterocycles. The Morgan fingerprint density at radius 1 is 1.32 bits per heavy atom. The topological polar surface area (TPSA) is 89.9 Å². The van der Waals surface area contributed by atoms with Crippen molar-refractivity contribution in [2.45, 2.75) is 51.1 Å². The number of carboxylic acid groups (broad SMARTS) is 1. The molecule has 0 aliphatic heterocycles. The first-order chi connectivity index (χ1) is 8.99. The number of amides is 2. The number of aliphatic hydroxyl groups is 1. The highest BCUT2D eigenvalue weighted by atomic mass is 16.4. The third-order valence-corrected chi connectivity index (χ3v) is 4.04. The molecule has 0 aromatic carbocycles. The van der Waals surface area contributed by atoms with Crippen LogP contribution in [0.5, 0.6) is 0 Å². The molecule has 1 unspecified atom stereocenters. The average molecular weight is 272 g/mol. The number of hydrogen-bond donors (Lipinski definition) is 3. The summed E-state index contributed by atoms with van der Waals surface area (Å²) in [6.45, 7) is 1.58. The van der Waals surface area contributed by atoms with Crippen LogP contribution in [0.2, 0.25) is 0 Å². The lowest BCUT2D eigenvalue weighted by atomic mass is 9.84. The summed E-state index contributed by atoms with van der Waals surface area (Å²) in [7, 11) is 1.68. The number of hydrogen-bond acceptors (Lipinski definition) is 3. The van der Waals surface area contributed by atoms with Gasteiger partial charge in [-0.1, -0.05) is 13.3 Å². The van der Waals surface area contributed by atoms with Crippen LogP contribution in [0, 0.1) is 5.92 Å². The Balaban J connectivity index is 2.46. The van der Waals surface area contributed by atoms with E-state index in [0.717, 1.165) is 31.6 Å². The summed E-state index contributed by atoms with van der Waals surface area (Å²) in [4.78, 5) is 24.2. The van der Waals surface area contributed by atoms with E-state index in [9.17, 15) is 9.59 Å². The molecule has 2 amide bonds. The van der Waals surface area contributed by atoms with Crippen molar-refractivity contribution >= 4 is 12.0 Å². The molecular weight excluding hydrogens is 248 g/mol. The van der Waals surface area contributed by atoms with Crippen molar-refractivity contribution < 1.29 is 19.8 Å². The van der Waals surface area contributed by atoms with Crippen molar-refractivity contribution in [2.75, 3.05) is 13.7 Å². The quantitative estimate of drug-likeness (QED) is 0.697. The van der Waals surface area contributed by atoms with Gasteiger partial charge in [-0.2, -0.15) is 0 Å². The second-order valence-electron chi connectivity index (χ2n) is 5.22.